The first-order valence-electron chi connectivity index (χ1n) is 4.13. The third-order valence-corrected chi connectivity index (χ3v) is 1.51. The number of nitrogens with one attached hydrogen (secondary N) is 2. The van der Waals surface area contributed by atoms with Crippen LogP contribution < -0.4 is 5.32 Å². The van der Waals surface area contributed by atoms with Gasteiger partial charge in [-0.15, -0.1) is 6.58 Å². The van der Waals surface area contributed by atoms with Gasteiger partial charge in [-0.05, 0) is 19.8 Å². The van der Waals surface area contributed by atoms with Gasteiger partial charge in [0, 0.05) is 6.04 Å². The molecule has 0 radical (unpaired) electrons. The topological polar surface area (TPSA) is 35.9 Å². The van der Waals surface area contributed by atoms with Crippen LogP contribution in [0.1, 0.15) is 33.1 Å². The molecule has 2 nitrogen and oxygen atoms in total. The van der Waals surface area contributed by atoms with Gasteiger partial charge in [0.15, 0.2) is 0 Å². The summed E-state index contributed by atoms with van der Waals surface area (Å²) in [6.45, 7) is 7.60. The van der Waals surface area contributed by atoms with Crippen LogP contribution in [0.25, 0.3) is 0 Å². The molecule has 1 unspecified atom stereocenters. The predicted octanol–water partition coefficient (Wildman–Crippen LogP) is 2.32. The molecule has 0 rings (SSSR count). The summed E-state index contributed by atoms with van der Waals surface area (Å²) < 4.78 is 0. The minimum absolute atomic E-state index is 0.412. The molecule has 0 aromatic carbocycles. The second-order valence-corrected chi connectivity index (χ2v) is 2.78. The van der Waals surface area contributed by atoms with Crippen molar-refractivity contribution in [2.45, 2.75) is 39.2 Å². The van der Waals surface area contributed by atoms with E-state index in [0.717, 1.165) is 19.3 Å². The van der Waals surface area contributed by atoms with E-state index in [1.807, 2.05) is 6.08 Å². The molecular formula is C9H18N2. The molecule has 0 bridgehead atoms. The summed E-state index contributed by atoms with van der Waals surface area (Å²) in [5, 5.41) is 10.3. The van der Waals surface area contributed by atoms with Crippen LogP contribution in [0.4, 0.5) is 0 Å². The van der Waals surface area contributed by atoms with E-state index in [-0.39, 0.29) is 0 Å². The van der Waals surface area contributed by atoms with Crippen LogP contribution >= 0.6 is 0 Å². The molecule has 0 aromatic rings. The summed E-state index contributed by atoms with van der Waals surface area (Å²) in [4.78, 5) is 0. The smallest absolute Gasteiger partial charge is 0.0902 e. The normalized spacial score (nSPS) is 12.2. The van der Waals surface area contributed by atoms with E-state index in [1.165, 1.54) is 0 Å². The lowest BCUT2D eigenvalue weighted by atomic mass is 10.1. The number of rotatable bonds is 5. The quantitative estimate of drug-likeness (QED) is 0.356. The van der Waals surface area contributed by atoms with Gasteiger partial charge in [-0.1, -0.05) is 19.4 Å². The van der Waals surface area contributed by atoms with Crippen molar-refractivity contribution >= 4 is 5.84 Å². The van der Waals surface area contributed by atoms with E-state index in [4.69, 9.17) is 5.41 Å². The lowest BCUT2D eigenvalue weighted by Crippen LogP contribution is -2.31. The largest absolute Gasteiger partial charge is 0.371 e. The minimum Gasteiger partial charge on any atom is -0.371 e. The summed E-state index contributed by atoms with van der Waals surface area (Å²) in [5.74, 6) is 0.547. The summed E-state index contributed by atoms with van der Waals surface area (Å²) in [7, 11) is 0. The van der Waals surface area contributed by atoms with Gasteiger partial charge in [-0.25, -0.2) is 0 Å². The van der Waals surface area contributed by atoms with Crippen LogP contribution in [0.5, 0.6) is 0 Å². The maximum Gasteiger partial charge on any atom is 0.0902 e. The van der Waals surface area contributed by atoms with E-state index in [2.05, 4.69) is 18.8 Å². The van der Waals surface area contributed by atoms with Crippen molar-refractivity contribution < 1.29 is 0 Å². The molecule has 0 aliphatic heterocycles. The molecule has 0 aliphatic carbocycles. The molecule has 2 N–H and O–H groups in total. The fourth-order valence-corrected chi connectivity index (χ4v) is 1.10. The first-order valence-corrected chi connectivity index (χ1v) is 4.13. The Balaban J connectivity index is 3.67. The highest BCUT2D eigenvalue weighted by molar-refractivity contribution is 5.76. The van der Waals surface area contributed by atoms with E-state index < -0.39 is 0 Å². The Bertz CT molecular complexity index is 130. The third-order valence-electron chi connectivity index (χ3n) is 1.51. The molecule has 0 aromatic heterocycles. The predicted molar refractivity (Wildman–Crippen MR) is 50.0 cm³/mol. The van der Waals surface area contributed by atoms with Crippen LogP contribution in [-0.4, -0.2) is 11.9 Å². The van der Waals surface area contributed by atoms with Crippen molar-refractivity contribution in [3.63, 3.8) is 0 Å². The van der Waals surface area contributed by atoms with Crippen LogP contribution in [0.2, 0.25) is 0 Å². The number of hydrogen-bond acceptors (Lipinski definition) is 1. The number of amidine groups is 1. The highest BCUT2D eigenvalue weighted by Crippen LogP contribution is 2.01. The summed E-state index contributed by atoms with van der Waals surface area (Å²) >= 11 is 0. The monoisotopic (exact) mass is 154 g/mol. The van der Waals surface area contributed by atoms with Crippen LogP contribution in [0, 0.1) is 5.41 Å². The van der Waals surface area contributed by atoms with E-state index in [9.17, 15) is 0 Å². The summed E-state index contributed by atoms with van der Waals surface area (Å²) in [5.41, 5.74) is 0. The fourth-order valence-electron chi connectivity index (χ4n) is 1.10. The molecule has 0 saturated heterocycles. The number of hydrogen-bond donors (Lipinski definition) is 2. The van der Waals surface area contributed by atoms with Crippen molar-refractivity contribution in [2.24, 2.45) is 0 Å². The molecule has 0 fully saturated rings. The van der Waals surface area contributed by atoms with Gasteiger partial charge in [0.05, 0.1) is 5.84 Å². The first-order chi connectivity index (χ1) is 5.20. The molecule has 64 valence electrons. The third kappa shape index (κ3) is 5.64. The molecule has 0 saturated carbocycles. The standard InChI is InChI=1S/C9H18N2/c1-4-6-9(7-5-2)11-8(3)10/h4,9H,1,5-7H2,2-3H3,(H2,10,11). The molecule has 0 amide bonds. The molecule has 0 spiro atoms. The lowest BCUT2D eigenvalue weighted by Gasteiger charge is -2.15. The van der Waals surface area contributed by atoms with Gasteiger partial charge in [-0.2, -0.15) is 0 Å². The van der Waals surface area contributed by atoms with Crippen molar-refractivity contribution in [1.29, 1.82) is 5.41 Å². The molecule has 0 aliphatic rings. The van der Waals surface area contributed by atoms with Crippen molar-refractivity contribution in [1.82, 2.24) is 5.32 Å². The van der Waals surface area contributed by atoms with Crippen LogP contribution in [-0.2, 0) is 0 Å². The Morgan fingerprint density at radius 3 is 2.73 bits per heavy atom. The van der Waals surface area contributed by atoms with E-state index in [0.29, 0.717) is 11.9 Å². The highest BCUT2D eigenvalue weighted by Gasteiger charge is 2.03. The van der Waals surface area contributed by atoms with Crippen LogP contribution in [0.3, 0.4) is 0 Å². The van der Waals surface area contributed by atoms with Gasteiger partial charge in [0.1, 0.15) is 0 Å². The zero-order valence-electron chi connectivity index (χ0n) is 7.48. The summed E-state index contributed by atoms with van der Waals surface area (Å²) in [6, 6.07) is 0.412. The fraction of sp³-hybridized carbons (Fsp3) is 0.667. The molecular weight excluding hydrogens is 136 g/mol. The zero-order valence-corrected chi connectivity index (χ0v) is 7.48. The Morgan fingerprint density at radius 2 is 2.36 bits per heavy atom. The van der Waals surface area contributed by atoms with Gasteiger partial charge in [0.25, 0.3) is 0 Å². The Hall–Kier alpha value is -0.790. The lowest BCUT2D eigenvalue weighted by molar-refractivity contribution is 0.556. The second kappa shape index (κ2) is 5.96. The van der Waals surface area contributed by atoms with E-state index >= 15 is 0 Å². The Morgan fingerprint density at radius 1 is 1.73 bits per heavy atom. The molecule has 0 heterocycles. The highest BCUT2D eigenvalue weighted by atomic mass is 15.0. The average molecular weight is 154 g/mol. The maximum atomic E-state index is 7.24. The summed E-state index contributed by atoms with van der Waals surface area (Å²) in [6.07, 6.45) is 5.11. The SMILES string of the molecule is C=CCC(CCC)NC(C)=N. The first kappa shape index (κ1) is 10.2. The molecule has 11 heavy (non-hydrogen) atoms. The minimum atomic E-state index is 0.412. The van der Waals surface area contributed by atoms with Crippen molar-refractivity contribution in [3.05, 3.63) is 12.7 Å². The Labute approximate surface area is 69.2 Å². The second-order valence-electron chi connectivity index (χ2n) is 2.78. The Kier molecular flexibility index (Phi) is 5.53. The van der Waals surface area contributed by atoms with Crippen molar-refractivity contribution in [3.8, 4) is 0 Å². The van der Waals surface area contributed by atoms with E-state index in [1.54, 1.807) is 6.92 Å². The molecule has 1 atom stereocenters. The van der Waals surface area contributed by atoms with Crippen LogP contribution in [0.15, 0.2) is 12.7 Å². The maximum absolute atomic E-state index is 7.24. The average Bonchev–Trinajstić information content (AvgIpc) is 1.87. The molecule has 2 heteroatoms. The van der Waals surface area contributed by atoms with Gasteiger partial charge >= 0.3 is 0 Å². The van der Waals surface area contributed by atoms with Gasteiger partial charge in [0.2, 0.25) is 0 Å². The zero-order chi connectivity index (χ0) is 8.69. The van der Waals surface area contributed by atoms with Gasteiger partial charge < -0.3 is 5.32 Å². The van der Waals surface area contributed by atoms with Crippen molar-refractivity contribution in [2.75, 3.05) is 0 Å². The van der Waals surface area contributed by atoms with Gasteiger partial charge in [-0.3, -0.25) is 5.41 Å².